The number of methoxy groups -OCH3 is 1. The Hall–Kier alpha value is -4.66. The van der Waals surface area contributed by atoms with Crippen LogP contribution in [0.4, 0.5) is 0 Å². The number of nitrogens with one attached hydrogen (secondary N) is 1. The van der Waals surface area contributed by atoms with Crippen molar-refractivity contribution < 1.29 is 38.5 Å². The van der Waals surface area contributed by atoms with Gasteiger partial charge in [0.1, 0.15) is 5.75 Å². The average molecular weight is 477 g/mol. The van der Waals surface area contributed by atoms with E-state index in [-0.39, 0.29) is 17.7 Å². The molecule has 0 aliphatic carbocycles. The quantitative estimate of drug-likeness (QED) is 0.427. The minimum atomic E-state index is -2.10. The molecule has 0 saturated carbocycles. The molecule has 2 N–H and O–H groups in total. The van der Waals surface area contributed by atoms with Crippen LogP contribution in [0.5, 0.6) is 5.75 Å². The van der Waals surface area contributed by atoms with Crippen LogP contribution in [0.3, 0.4) is 0 Å². The molecular formula is C26H23NO8. The van der Waals surface area contributed by atoms with Crippen LogP contribution in [0.2, 0.25) is 0 Å². The second kappa shape index (κ2) is 12.0. The van der Waals surface area contributed by atoms with E-state index in [0.29, 0.717) is 11.3 Å². The molecule has 3 aromatic rings. The highest BCUT2D eigenvalue weighted by atomic mass is 16.6. The number of amides is 1. The Balaban J connectivity index is 1.85. The van der Waals surface area contributed by atoms with Gasteiger partial charge in [-0.15, -0.1) is 0 Å². The number of carbonyl (C=O) groups excluding carboxylic acids is 3. The van der Waals surface area contributed by atoms with Gasteiger partial charge in [-0.3, -0.25) is 4.79 Å². The van der Waals surface area contributed by atoms with Crippen LogP contribution >= 0.6 is 0 Å². The first-order valence-electron chi connectivity index (χ1n) is 10.5. The fourth-order valence-corrected chi connectivity index (χ4v) is 3.14. The van der Waals surface area contributed by atoms with E-state index in [0.717, 1.165) is 0 Å². The third kappa shape index (κ3) is 6.67. The third-order valence-corrected chi connectivity index (χ3v) is 4.91. The second-order valence-corrected chi connectivity index (χ2v) is 7.25. The molecule has 9 heteroatoms. The van der Waals surface area contributed by atoms with Gasteiger partial charge in [0.05, 0.1) is 18.2 Å². The fourth-order valence-electron chi connectivity index (χ4n) is 3.14. The summed E-state index contributed by atoms with van der Waals surface area (Å²) in [5, 5.41) is 12.3. The van der Waals surface area contributed by atoms with Crippen LogP contribution in [0.25, 0.3) is 0 Å². The summed E-state index contributed by atoms with van der Waals surface area (Å²) in [6, 6.07) is 22.3. The Labute approximate surface area is 201 Å². The molecule has 0 aliphatic rings. The van der Waals surface area contributed by atoms with Crippen molar-refractivity contribution in [2.24, 2.45) is 0 Å². The van der Waals surface area contributed by atoms with E-state index in [4.69, 9.17) is 14.2 Å². The lowest BCUT2D eigenvalue weighted by Gasteiger charge is -2.23. The van der Waals surface area contributed by atoms with Gasteiger partial charge in [-0.2, -0.15) is 0 Å². The first-order chi connectivity index (χ1) is 16.9. The number of rotatable bonds is 10. The molecule has 180 valence electrons. The summed E-state index contributed by atoms with van der Waals surface area (Å²) in [6.45, 7) is -0.0544. The first-order valence-corrected chi connectivity index (χ1v) is 10.5. The van der Waals surface area contributed by atoms with Crippen molar-refractivity contribution in [1.82, 2.24) is 5.32 Å². The van der Waals surface area contributed by atoms with Crippen molar-refractivity contribution in [3.63, 3.8) is 0 Å². The van der Waals surface area contributed by atoms with Crippen molar-refractivity contribution in [3.8, 4) is 5.75 Å². The molecule has 1 amide bonds. The molecule has 0 spiro atoms. The van der Waals surface area contributed by atoms with Gasteiger partial charge in [-0.1, -0.05) is 54.6 Å². The lowest BCUT2D eigenvalue weighted by molar-refractivity contribution is -0.159. The van der Waals surface area contributed by atoms with Gasteiger partial charge in [0.15, 0.2) is 0 Å². The molecule has 0 heterocycles. The number of hydrogen-bond donors (Lipinski definition) is 2. The highest BCUT2D eigenvalue weighted by Gasteiger charge is 2.40. The summed E-state index contributed by atoms with van der Waals surface area (Å²) in [7, 11) is 1.47. The van der Waals surface area contributed by atoms with E-state index in [1.165, 1.54) is 31.4 Å². The largest absolute Gasteiger partial charge is 0.496 e. The van der Waals surface area contributed by atoms with Gasteiger partial charge in [-0.05, 0) is 30.3 Å². The van der Waals surface area contributed by atoms with E-state index < -0.39 is 36.0 Å². The maximum Gasteiger partial charge on any atom is 0.349 e. The van der Waals surface area contributed by atoms with Gasteiger partial charge in [0, 0.05) is 12.1 Å². The molecule has 0 saturated heterocycles. The highest BCUT2D eigenvalue weighted by molar-refractivity contribution is 5.96. The zero-order chi connectivity index (χ0) is 25.2. The predicted molar refractivity (Wildman–Crippen MR) is 124 cm³/mol. The fraction of sp³-hybridized carbons (Fsp3) is 0.154. The lowest BCUT2D eigenvalue weighted by atomic mass is 10.1. The molecule has 35 heavy (non-hydrogen) atoms. The normalized spacial score (nSPS) is 12.0. The number of para-hydroxylation sites is 1. The molecule has 0 bridgehead atoms. The van der Waals surface area contributed by atoms with Gasteiger partial charge in [-0.25, -0.2) is 14.4 Å². The molecule has 9 nitrogen and oxygen atoms in total. The number of carboxylic acid groups (broad SMARTS) is 1. The van der Waals surface area contributed by atoms with E-state index >= 15 is 0 Å². The molecule has 0 aliphatic heterocycles. The number of hydrogen-bond acceptors (Lipinski definition) is 7. The molecule has 0 unspecified atom stereocenters. The van der Waals surface area contributed by atoms with Gasteiger partial charge in [0.25, 0.3) is 5.91 Å². The summed E-state index contributed by atoms with van der Waals surface area (Å²) < 4.78 is 15.6. The topological polar surface area (TPSA) is 128 Å². The van der Waals surface area contributed by atoms with Crippen molar-refractivity contribution in [1.29, 1.82) is 0 Å². The standard InChI is InChI=1S/C26H23NO8/c1-33-20-15-9-8-14-19(20)16-27-23(28)21(34-25(31)17-10-4-2-5-11-17)22(24(29)30)35-26(32)18-12-6-3-7-13-18/h2-15,21-22H,16H2,1H3,(H,27,28)(H,29,30)/t21-,22+/m0/s1. The Morgan fingerprint density at radius 2 is 1.23 bits per heavy atom. The Morgan fingerprint density at radius 3 is 1.74 bits per heavy atom. The minimum absolute atomic E-state index is 0.0544. The smallest absolute Gasteiger partial charge is 0.349 e. The Morgan fingerprint density at radius 1 is 0.743 bits per heavy atom. The zero-order valence-corrected chi connectivity index (χ0v) is 18.7. The van der Waals surface area contributed by atoms with E-state index in [1.807, 2.05) is 0 Å². The number of aliphatic carboxylic acids is 1. The van der Waals surface area contributed by atoms with Crippen molar-refractivity contribution in [2.45, 2.75) is 18.8 Å². The van der Waals surface area contributed by atoms with Crippen LogP contribution in [0, 0.1) is 0 Å². The maximum atomic E-state index is 13.1. The summed E-state index contributed by atoms with van der Waals surface area (Å²) in [4.78, 5) is 50.3. The Bertz CT molecular complexity index is 1180. The number of carboxylic acids is 1. The second-order valence-electron chi connectivity index (χ2n) is 7.25. The number of ether oxygens (including phenoxy) is 3. The van der Waals surface area contributed by atoms with Crippen LogP contribution in [-0.4, -0.2) is 48.2 Å². The maximum absolute atomic E-state index is 13.1. The molecule has 3 aromatic carbocycles. The van der Waals surface area contributed by atoms with E-state index in [1.54, 1.807) is 60.7 Å². The molecule has 3 rings (SSSR count). The summed E-state index contributed by atoms with van der Waals surface area (Å²) in [5.41, 5.74) is 0.763. The first kappa shape index (κ1) is 25.0. The number of esters is 2. The van der Waals surface area contributed by atoms with Crippen LogP contribution < -0.4 is 10.1 Å². The Kier molecular flexibility index (Phi) is 8.55. The summed E-state index contributed by atoms with van der Waals surface area (Å²) in [5.74, 6) is -4.07. The molecule has 0 aromatic heterocycles. The molecular weight excluding hydrogens is 454 g/mol. The average Bonchev–Trinajstić information content (AvgIpc) is 2.89. The van der Waals surface area contributed by atoms with E-state index in [9.17, 15) is 24.3 Å². The molecule has 0 radical (unpaired) electrons. The number of benzene rings is 3. The molecule has 2 atom stereocenters. The van der Waals surface area contributed by atoms with Crippen LogP contribution in [-0.2, 0) is 25.6 Å². The van der Waals surface area contributed by atoms with Crippen molar-refractivity contribution in [2.75, 3.05) is 7.11 Å². The van der Waals surface area contributed by atoms with Gasteiger partial charge in [0.2, 0.25) is 12.2 Å². The van der Waals surface area contributed by atoms with Crippen LogP contribution in [0.15, 0.2) is 84.9 Å². The van der Waals surface area contributed by atoms with Crippen molar-refractivity contribution in [3.05, 3.63) is 102 Å². The van der Waals surface area contributed by atoms with Crippen molar-refractivity contribution >= 4 is 23.8 Å². The van der Waals surface area contributed by atoms with Crippen LogP contribution in [0.1, 0.15) is 26.3 Å². The summed E-state index contributed by atoms with van der Waals surface area (Å²) >= 11 is 0. The lowest BCUT2D eigenvalue weighted by Crippen LogP contribution is -2.50. The third-order valence-electron chi connectivity index (χ3n) is 4.91. The number of carbonyl (C=O) groups is 4. The minimum Gasteiger partial charge on any atom is -0.496 e. The monoisotopic (exact) mass is 477 g/mol. The van der Waals surface area contributed by atoms with E-state index in [2.05, 4.69) is 5.32 Å². The SMILES string of the molecule is COc1ccccc1CNC(=O)[C@@H](OC(=O)c1ccccc1)[C@@H](OC(=O)c1ccccc1)C(=O)O. The van der Waals surface area contributed by atoms with Gasteiger partial charge < -0.3 is 24.6 Å². The predicted octanol–water partition coefficient (Wildman–Crippen LogP) is 2.85. The zero-order valence-electron chi connectivity index (χ0n) is 18.7. The summed E-state index contributed by atoms with van der Waals surface area (Å²) in [6.07, 6.45) is -4.07. The van der Waals surface area contributed by atoms with Gasteiger partial charge >= 0.3 is 17.9 Å². The highest BCUT2D eigenvalue weighted by Crippen LogP contribution is 2.18. The molecule has 0 fully saturated rings.